The van der Waals surface area contributed by atoms with Gasteiger partial charge in [0.1, 0.15) is 5.66 Å². The highest BCUT2D eigenvalue weighted by atomic mass is 19.4. The number of nitrogens with zero attached hydrogens (tertiary/aromatic N) is 5. The first-order valence-corrected chi connectivity index (χ1v) is 9.41. The van der Waals surface area contributed by atoms with E-state index in [1.807, 2.05) is 0 Å². The molecule has 0 saturated heterocycles. The average Bonchev–Trinajstić information content (AvgIpc) is 3.07. The van der Waals surface area contributed by atoms with Crippen LogP contribution in [-0.4, -0.2) is 27.1 Å². The molecule has 10 heteroatoms. The molecule has 1 saturated carbocycles. The van der Waals surface area contributed by atoms with Crippen LogP contribution in [0, 0.1) is 6.92 Å². The van der Waals surface area contributed by atoms with Gasteiger partial charge in [0.25, 0.3) is 0 Å². The minimum atomic E-state index is -4.52. The van der Waals surface area contributed by atoms with Crippen molar-refractivity contribution in [2.75, 3.05) is 4.90 Å². The van der Waals surface area contributed by atoms with Crippen LogP contribution in [0.2, 0.25) is 0 Å². The number of aryl methyl sites for hydroxylation is 1. The maximum atomic E-state index is 13.7. The Morgan fingerprint density at radius 1 is 1.03 bits per heavy atom. The molecular weight excluding hydrogens is 383 g/mol. The van der Waals surface area contributed by atoms with Crippen molar-refractivity contribution in [3.63, 3.8) is 0 Å². The fraction of sp³-hybridized carbons (Fsp3) is 0.421. The number of hydrogen-bond acceptors (Lipinski definition) is 6. The predicted octanol–water partition coefficient (Wildman–Crippen LogP) is 3.31. The van der Waals surface area contributed by atoms with Gasteiger partial charge in [-0.25, -0.2) is 9.98 Å². The van der Waals surface area contributed by atoms with Gasteiger partial charge in [-0.05, 0) is 50.8 Å². The first-order chi connectivity index (χ1) is 13.7. The summed E-state index contributed by atoms with van der Waals surface area (Å²) in [6.45, 7) is 1.77. The third-order valence-electron chi connectivity index (χ3n) is 5.35. The highest BCUT2D eigenvalue weighted by molar-refractivity contribution is 6.05. The molecule has 154 valence electrons. The van der Waals surface area contributed by atoms with Gasteiger partial charge in [0, 0.05) is 17.6 Å². The average molecular weight is 405 g/mol. The summed E-state index contributed by atoms with van der Waals surface area (Å²) >= 11 is 0. The van der Waals surface area contributed by atoms with Crippen molar-refractivity contribution >= 4 is 17.6 Å². The van der Waals surface area contributed by atoms with Crippen molar-refractivity contribution < 1.29 is 13.2 Å². The number of benzene rings is 1. The van der Waals surface area contributed by atoms with Crippen LogP contribution in [0.25, 0.3) is 5.69 Å². The number of hydrogen-bond donors (Lipinski definition) is 2. The van der Waals surface area contributed by atoms with Crippen LogP contribution in [0.3, 0.4) is 0 Å². The van der Waals surface area contributed by atoms with E-state index in [-0.39, 0.29) is 17.6 Å². The lowest BCUT2D eigenvalue weighted by Crippen LogP contribution is -2.58. The highest BCUT2D eigenvalue weighted by Crippen LogP contribution is 2.42. The zero-order chi connectivity index (χ0) is 20.8. The molecule has 1 aliphatic carbocycles. The molecule has 0 atom stereocenters. The molecule has 1 aromatic heterocycles. The maximum Gasteiger partial charge on any atom is 0.416 e. The molecule has 1 aliphatic heterocycles. The van der Waals surface area contributed by atoms with E-state index in [1.165, 1.54) is 6.33 Å². The van der Waals surface area contributed by atoms with Gasteiger partial charge in [-0.15, -0.1) is 0 Å². The van der Waals surface area contributed by atoms with Gasteiger partial charge >= 0.3 is 6.18 Å². The van der Waals surface area contributed by atoms with E-state index in [9.17, 15) is 13.2 Å². The van der Waals surface area contributed by atoms with Gasteiger partial charge in [-0.3, -0.25) is 4.90 Å². The van der Waals surface area contributed by atoms with Crippen LogP contribution >= 0.6 is 0 Å². The lowest BCUT2D eigenvalue weighted by atomic mass is 9.87. The first kappa shape index (κ1) is 19.3. The summed E-state index contributed by atoms with van der Waals surface area (Å²) in [4.78, 5) is 14.3. The molecule has 4 N–H and O–H groups in total. The molecule has 1 aromatic carbocycles. The molecule has 2 heterocycles. The van der Waals surface area contributed by atoms with Gasteiger partial charge in [0.15, 0.2) is 0 Å². The molecule has 1 spiro atoms. The molecule has 0 radical (unpaired) electrons. The zero-order valence-corrected chi connectivity index (χ0v) is 15.9. The molecule has 29 heavy (non-hydrogen) atoms. The summed E-state index contributed by atoms with van der Waals surface area (Å²) < 4.78 is 42.6. The van der Waals surface area contributed by atoms with E-state index in [2.05, 4.69) is 15.0 Å². The Kier molecular flexibility index (Phi) is 4.51. The van der Waals surface area contributed by atoms with Crippen molar-refractivity contribution in [1.82, 2.24) is 9.55 Å². The van der Waals surface area contributed by atoms with Gasteiger partial charge in [-0.2, -0.15) is 18.2 Å². The Morgan fingerprint density at radius 3 is 2.34 bits per heavy atom. The maximum absolute atomic E-state index is 13.7. The fourth-order valence-electron chi connectivity index (χ4n) is 4.09. The molecule has 0 unspecified atom stereocenters. The van der Waals surface area contributed by atoms with Crippen LogP contribution in [0.15, 0.2) is 40.7 Å². The Hall–Kier alpha value is -3.04. The van der Waals surface area contributed by atoms with Crippen LogP contribution in [0.1, 0.15) is 43.4 Å². The van der Waals surface area contributed by atoms with Gasteiger partial charge in [-0.1, -0.05) is 6.42 Å². The van der Waals surface area contributed by atoms with Gasteiger partial charge in [0.2, 0.25) is 11.9 Å². The topological polar surface area (TPSA) is 97.8 Å². The lowest BCUT2D eigenvalue weighted by Gasteiger charge is -2.45. The van der Waals surface area contributed by atoms with Gasteiger partial charge in [0.05, 0.1) is 17.6 Å². The SMILES string of the molecule is Cc1cn(-c2cc(N3C(N)=NC(N)=NC34CCCCC4)cc(C(F)(F)F)c2)cn1. The van der Waals surface area contributed by atoms with Crippen molar-refractivity contribution in [3.05, 3.63) is 42.0 Å². The number of nitrogens with two attached hydrogens (primary N) is 2. The molecule has 7 nitrogen and oxygen atoms in total. The molecule has 4 rings (SSSR count). The second-order valence-corrected chi connectivity index (χ2v) is 7.48. The minimum absolute atomic E-state index is 0.0477. The van der Waals surface area contributed by atoms with E-state index >= 15 is 0 Å². The van der Waals surface area contributed by atoms with E-state index in [4.69, 9.17) is 11.5 Å². The zero-order valence-electron chi connectivity index (χ0n) is 15.9. The van der Waals surface area contributed by atoms with Crippen LogP contribution in [0.4, 0.5) is 18.9 Å². The summed E-state index contributed by atoms with van der Waals surface area (Å²) in [7, 11) is 0. The van der Waals surface area contributed by atoms with Crippen LogP contribution in [-0.2, 0) is 6.18 Å². The number of aromatic nitrogens is 2. The Labute approximate surface area is 165 Å². The van der Waals surface area contributed by atoms with E-state index in [0.29, 0.717) is 24.2 Å². The quantitative estimate of drug-likeness (QED) is 0.801. The van der Waals surface area contributed by atoms with Gasteiger partial charge < -0.3 is 16.0 Å². The fourth-order valence-corrected chi connectivity index (χ4v) is 4.09. The standard InChI is InChI=1S/C19H22F3N7/c1-12-10-28(11-25-12)14-7-13(19(20,21)22)8-15(9-14)29-17(24)26-16(23)27-18(29)5-3-2-4-6-18/h7-11H,2-6H2,1H3,(H4,23,24,26,27). The molecule has 2 aromatic rings. The van der Waals surface area contributed by atoms with Crippen molar-refractivity contribution in [1.29, 1.82) is 0 Å². The third-order valence-corrected chi connectivity index (χ3v) is 5.35. The summed E-state index contributed by atoms with van der Waals surface area (Å²) in [6.07, 6.45) is 2.70. The van der Waals surface area contributed by atoms with Crippen molar-refractivity contribution in [2.24, 2.45) is 21.5 Å². The summed E-state index contributed by atoms with van der Waals surface area (Å²) in [5.74, 6) is 0.101. The Morgan fingerprint density at radius 2 is 1.72 bits per heavy atom. The first-order valence-electron chi connectivity index (χ1n) is 9.41. The summed E-state index contributed by atoms with van der Waals surface area (Å²) in [5, 5.41) is 0. The molecular formula is C19H22F3N7. The number of aliphatic imine (C=N–C) groups is 2. The monoisotopic (exact) mass is 405 g/mol. The number of rotatable bonds is 2. The number of halogens is 3. The lowest BCUT2D eigenvalue weighted by molar-refractivity contribution is -0.137. The van der Waals surface area contributed by atoms with E-state index < -0.39 is 17.4 Å². The predicted molar refractivity (Wildman–Crippen MR) is 105 cm³/mol. The summed E-state index contributed by atoms with van der Waals surface area (Å²) in [6, 6.07) is 3.82. The Balaban J connectivity index is 1.89. The second-order valence-electron chi connectivity index (χ2n) is 7.48. The molecule has 0 bridgehead atoms. The normalized spacial score (nSPS) is 19.2. The van der Waals surface area contributed by atoms with E-state index in [1.54, 1.807) is 28.7 Å². The second kappa shape index (κ2) is 6.78. The Bertz CT molecular complexity index is 984. The van der Waals surface area contributed by atoms with Crippen LogP contribution < -0.4 is 16.4 Å². The van der Waals surface area contributed by atoms with Crippen LogP contribution in [0.5, 0.6) is 0 Å². The highest BCUT2D eigenvalue weighted by Gasteiger charge is 2.43. The number of guanidine groups is 2. The van der Waals surface area contributed by atoms with Crippen molar-refractivity contribution in [3.8, 4) is 5.69 Å². The number of alkyl halides is 3. The smallest absolute Gasteiger partial charge is 0.369 e. The molecule has 0 amide bonds. The van der Waals surface area contributed by atoms with E-state index in [0.717, 1.165) is 31.4 Å². The molecule has 2 aliphatic rings. The van der Waals surface area contributed by atoms with Crippen molar-refractivity contribution in [2.45, 2.75) is 50.9 Å². The number of imidazole rings is 1. The largest absolute Gasteiger partial charge is 0.416 e. The number of anilines is 1. The molecule has 1 fully saturated rings. The third kappa shape index (κ3) is 3.54. The minimum Gasteiger partial charge on any atom is -0.369 e. The summed E-state index contributed by atoms with van der Waals surface area (Å²) in [5.41, 5.74) is 11.7.